The highest BCUT2D eigenvalue weighted by atomic mass is 16.6. The summed E-state index contributed by atoms with van der Waals surface area (Å²) >= 11 is 0. The molecule has 0 aromatic carbocycles. The molecule has 0 spiro atoms. The van der Waals surface area contributed by atoms with Crippen molar-refractivity contribution in [3.05, 3.63) is 65.4 Å². The predicted octanol–water partition coefficient (Wildman–Crippen LogP) is 3.18. The quantitative estimate of drug-likeness (QED) is 0.666. The van der Waals surface area contributed by atoms with E-state index >= 15 is 0 Å². The number of cyclic esters (lactones) is 1. The molecule has 0 radical (unpaired) electrons. The van der Waals surface area contributed by atoms with Crippen molar-refractivity contribution in [1.82, 2.24) is 10.4 Å². The van der Waals surface area contributed by atoms with Gasteiger partial charge in [-0.15, -0.1) is 0 Å². The maximum atomic E-state index is 12.6. The first-order valence-corrected chi connectivity index (χ1v) is 8.72. The summed E-state index contributed by atoms with van der Waals surface area (Å²) in [5, 5.41) is 4.27. The van der Waals surface area contributed by atoms with Gasteiger partial charge in [-0.2, -0.15) is 5.10 Å². The van der Waals surface area contributed by atoms with Crippen LogP contribution in [0.4, 0.5) is 0 Å². The molecule has 7 nitrogen and oxygen atoms in total. The third kappa shape index (κ3) is 2.85. The molecule has 1 saturated heterocycles. The summed E-state index contributed by atoms with van der Waals surface area (Å²) in [5.74, 6) is -0.657. The van der Waals surface area contributed by atoms with E-state index in [1.54, 1.807) is 37.1 Å². The van der Waals surface area contributed by atoms with Crippen molar-refractivity contribution in [2.24, 2.45) is 10.5 Å². The molecule has 4 rings (SSSR count). The number of amides is 1. The molecule has 3 heterocycles. The number of nitrogens with one attached hydrogen (secondary N) is 1. The van der Waals surface area contributed by atoms with Crippen molar-refractivity contribution < 1.29 is 18.7 Å². The molecule has 2 aromatic rings. The van der Waals surface area contributed by atoms with Crippen LogP contribution in [-0.2, 0) is 9.53 Å². The highest BCUT2D eigenvalue weighted by molar-refractivity contribution is 6.10. The van der Waals surface area contributed by atoms with Crippen LogP contribution in [0.3, 0.4) is 0 Å². The van der Waals surface area contributed by atoms with Crippen molar-refractivity contribution in [2.45, 2.75) is 32.8 Å². The highest BCUT2D eigenvalue weighted by Gasteiger charge is 2.53. The van der Waals surface area contributed by atoms with Gasteiger partial charge in [0.1, 0.15) is 6.10 Å². The average molecular weight is 365 g/mol. The van der Waals surface area contributed by atoms with Crippen LogP contribution in [0.15, 0.2) is 63.8 Å². The maximum absolute atomic E-state index is 12.6. The Kier molecular flexibility index (Phi) is 4.14. The van der Waals surface area contributed by atoms with Crippen LogP contribution >= 0.6 is 0 Å². The van der Waals surface area contributed by atoms with E-state index in [9.17, 15) is 9.59 Å². The van der Waals surface area contributed by atoms with Gasteiger partial charge in [-0.3, -0.25) is 9.78 Å². The number of carbonyl (C=O) groups excluding carboxylic acids is 2. The molecular formula is C20H19N3O4. The number of allylic oxidation sites excluding steroid dienone is 1. The molecule has 7 heteroatoms. The lowest BCUT2D eigenvalue weighted by atomic mass is 9.68. The summed E-state index contributed by atoms with van der Waals surface area (Å²) in [5.41, 5.74) is 5.51. The molecule has 2 atom stereocenters. The molecular weight excluding hydrogens is 346 g/mol. The number of ether oxygens (including phenoxy) is 1. The fourth-order valence-corrected chi connectivity index (χ4v) is 3.89. The third-order valence-electron chi connectivity index (χ3n) is 5.35. The number of esters is 1. The number of hydrazone groups is 1. The summed E-state index contributed by atoms with van der Waals surface area (Å²) in [7, 11) is 0. The SMILES string of the molecule is CC1=C2C(=O)O[C@@H](c3ccoc3)[C@]2(C)CC/C1=N\NC(=O)c1ccncc1. The number of pyridine rings is 1. The van der Waals surface area contributed by atoms with Gasteiger partial charge >= 0.3 is 5.97 Å². The summed E-state index contributed by atoms with van der Waals surface area (Å²) in [6.45, 7) is 3.88. The second-order valence-corrected chi connectivity index (χ2v) is 6.99. The Morgan fingerprint density at radius 3 is 2.81 bits per heavy atom. The number of fused-ring (bicyclic) bond motifs is 1. The second-order valence-electron chi connectivity index (χ2n) is 6.99. The van der Waals surface area contributed by atoms with Crippen LogP contribution in [0.2, 0.25) is 0 Å². The Morgan fingerprint density at radius 1 is 1.33 bits per heavy atom. The largest absolute Gasteiger partial charge is 0.472 e. The first-order chi connectivity index (χ1) is 13.0. The van der Waals surface area contributed by atoms with Crippen molar-refractivity contribution in [1.29, 1.82) is 0 Å². The number of rotatable bonds is 3. The van der Waals surface area contributed by atoms with Crippen LogP contribution in [0.1, 0.15) is 48.7 Å². The molecule has 27 heavy (non-hydrogen) atoms. The Morgan fingerprint density at radius 2 is 2.11 bits per heavy atom. The van der Waals surface area contributed by atoms with E-state index in [4.69, 9.17) is 9.15 Å². The summed E-state index contributed by atoms with van der Waals surface area (Å²) in [6.07, 6.45) is 7.23. The Labute approximate surface area is 156 Å². The zero-order valence-corrected chi connectivity index (χ0v) is 15.1. The summed E-state index contributed by atoms with van der Waals surface area (Å²) in [6, 6.07) is 5.05. The number of nitrogens with zero attached hydrogens (tertiary/aromatic N) is 2. The fraction of sp³-hybridized carbons (Fsp3) is 0.300. The number of hydrogen-bond donors (Lipinski definition) is 1. The minimum Gasteiger partial charge on any atom is -0.472 e. The fourth-order valence-electron chi connectivity index (χ4n) is 3.89. The molecule has 1 aliphatic heterocycles. The molecule has 2 aromatic heterocycles. The van der Waals surface area contributed by atoms with Crippen LogP contribution in [0.25, 0.3) is 0 Å². The van der Waals surface area contributed by atoms with Gasteiger partial charge < -0.3 is 9.15 Å². The number of furan rings is 1. The standard InChI is InChI=1S/C20H19N3O4/c1-12-15(22-23-18(24)13-4-8-21-9-5-13)3-7-20(2)16(12)19(25)27-17(20)14-6-10-26-11-14/h4-6,8-11,17H,3,7H2,1-2H3,(H,23,24)/b22-15+/t17-,20+/m0/s1. The summed E-state index contributed by atoms with van der Waals surface area (Å²) in [4.78, 5) is 28.7. The molecule has 1 aliphatic carbocycles. The first-order valence-electron chi connectivity index (χ1n) is 8.72. The van der Waals surface area contributed by atoms with E-state index < -0.39 is 5.41 Å². The van der Waals surface area contributed by atoms with Gasteiger partial charge in [0.15, 0.2) is 0 Å². The Hall–Kier alpha value is -3.22. The third-order valence-corrected chi connectivity index (χ3v) is 5.35. The molecule has 0 unspecified atom stereocenters. The van der Waals surface area contributed by atoms with E-state index in [0.29, 0.717) is 29.7 Å². The van der Waals surface area contributed by atoms with Gasteiger partial charge in [0.2, 0.25) is 0 Å². The molecule has 138 valence electrons. The second kappa shape index (κ2) is 6.50. The van der Waals surface area contributed by atoms with E-state index in [2.05, 4.69) is 15.5 Å². The number of aromatic nitrogens is 1. The molecule has 1 amide bonds. The first kappa shape index (κ1) is 17.2. The summed E-state index contributed by atoms with van der Waals surface area (Å²) < 4.78 is 10.8. The van der Waals surface area contributed by atoms with Gasteiger partial charge in [-0.05, 0) is 43.5 Å². The molecule has 1 N–H and O–H groups in total. The number of carbonyl (C=O) groups is 2. The van der Waals surface area contributed by atoms with Crippen molar-refractivity contribution in [3.8, 4) is 0 Å². The highest BCUT2D eigenvalue weighted by Crippen LogP contribution is 2.55. The lowest BCUT2D eigenvalue weighted by Gasteiger charge is -2.33. The molecule has 2 aliphatic rings. The monoisotopic (exact) mass is 365 g/mol. The van der Waals surface area contributed by atoms with E-state index in [1.165, 1.54) is 0 Å². The number of hydrogen-bond acceptors (Lipinski definition) is 6. The van der Waals surface area contributed by atoms with Crippen LogP contribution in [-0.4, -0.2) is 22.6 Å². The molecule has 0 saturated carbocycles. The van der Waals surface area contributed by atoms with Crippen LogP contribution in [0, 0.1) is 5.41 Å². The van der Waals surface area contributed by atoms with Gasteiger partial charge in [0.05, 0.1) is 23.8 Å². The zero-order chi connectivity index (χ0) is 19.0. The van der Waals surface area contributed by atoms with Gasteiger partial charge in [0.25, 0.3) is 5.91 Å². The van der Waals surface area contributed by atoms with E-state index in [1.807, 2.05) is 19.9 Å². The van der Waals surface area contributed by atoms with Gasteiger partial charge in [0, 0.05) is 28.9 Å². The average Bonchev–Trinajstić information content (AvgIpc) is 3.28. The van der Waals surface area contributed by atoms with Crippen molar-refractivity contribution in [3.63, 3.8) is 0 Å². The van der Waals surface area contributed by atoms with Crippen LogP contribution < -0.4 is 5.43 Å². The Balaban J connectivity index is 1.62. The topological polar surface area (TPSA) is 93.8 Å². The Bertz CT molecular complexity index is 947. The minimum atomic E-state index is -0.445. The van der Waals surface area contributed by atoms with E-state index in [0.717, 1.165) is 11.1 Å². The normalized spacial score (nSPS) is 26.1. The smallest absolute Gasteiger partial charge is 0.335 e. The van der Waals surface area contributed by atoms with Crippen molar-refractivity contribution >= 4 is 17.6 Å². The molecule has 1 fully saturated rings. The lowest BCUT2D eigenvalue weighted by molar-refractivity contribution is -0.140. The minimum absolute atomic E-state index is 0.318. The van der Waals surface area contributed by atoms with Gasteiger partial charge in [-0.25, -0.2) is 10.2 Å². The predicted molar refractivity (Wildman–Crippen MR) is 96.7 cm³/mol. The van der Waals surface area contributed by atoms with Crippen LogP contribution in [0.5, 0.6) is 0 Å². The molecule has 0 bridgehead atoms. The maximum Gasteiger partial charge on any atom is 0.335 e. The van der Waals surface area contributed by atoms with E-state index in [-0.39, 0.29) is 18.0 Å². The van der Waals surface area contributed by atoms with Gasteiger partial charge in [-0.1, -0.05) is 6.92 Å². The van der Waals surface area contributed by atoms with Crippen molar-refractivity contribution in [2.75, 3.05) is 0 Å². The lowest BCUT2D eigenvalue weighted by Crippen LogP contribution is -2.31. The zero-order valence-electron chi connectivity index (χ0n) is 15.1.